The van der Waals surface area contributed by atoms with Gasteiger partial charge in [-0.15, -0.1) is 0 Å². The van der Waals surface area contributed by atoms with E-state index in [9.17, 15) is 29.4 Å². The maximum absolute atomic E-state index is 12.7. The zero-order chi connectivity index (χ0) is 26.5. The van der Waals surface area contributed by atoms with Crippen LogP contribution in [0.2, 0.25) is 0 Å². The summed E-state index contributed by atoms with van der Waals surface area (Å²) in [4.78, 5) is 48.7. The van der Waals surface area contributed by atoms with Crippen LogP contribution < -0.4 is 16.0 Å². The third-order valence-corrected chi connectivity index (χ3v) is 5.56. The van der Waals surface area contributed by atoms with E-state index in [0.717, 1.165) is 5.56 Å². The molecule has 0 aliphatic heterocycles. The minimum Gasteiger partial charge on any atom is -0.480 e. The Morgan fingerprint density at radius 3 is 2.20 bits per heavy atom. The topological polar surface area (TPSA) is 145 Å². The molecule has 0 fully saturated rings. The Labute approximate surface area is 207 Å². The van der Waals surface area contributed by atoms with Crippen LogP contribution in [-0.2, 0) is 25.6 Å². The predicted molar refractivity (Wildman–Crippen MR) is 133 cm³/mol. The summed E-state index contributed by atoms with van der Waals surface area (Å²) < 4.78 is 0. The number of benzene rings is 1. The fourth-order valence-corrected chi connectivity index (χ4v) is 3.45. The van der Waals surface area contributed by atoms with Gasteiger partial charge in [-0.25, -0.2) is 4.79 Å². The normalized spacial score (nSPS) is 14.3. The van der Waals surface area contributed by atoms with E-state index in [0.29, 0.717) is 18.9 Å². The van der Waals surface area contributed by atoms with Crippen molar-refractivity contribution < 1.29 is 29.4 Å². The molecule has 9 heteroatoms. The molecule has 0 aliphatic rings. The fourth-order valence-electron chi connectivity index (χ4n) is 3.45. The van der Waals surface area contributed by atoms with Gasteiger partial charge in [0.05, 0.1) is 18.6 Å². The van der Waals surface area contributed by atoms with E-state index >= 15 is 0 Å². The summed E-state index contributed by atoms with van der Waals surface area (Å²) in [6.45, 7) is 11.3. The lowest BCUT2D eigenvalue weighted by Gasteiger charge is -2.28. The third-order valence-electron chi connectivity index (χ3n) is 5.56. The van der Waals surface area contributed by atoms with E-state index in [4.69, 9.17) is 0 Å². The maximum Gasteiger partial charge on any atom is 0.326 e. The number of amides is 3. The highest BCUT2D eigenvalue weighted by Crippen LogP contribution is 2.17. The highest BCUT2D eigenvalue weighted by atomic mass is 16.4. The number of hydrogen-bond acceptors (Lipinski definition) is 5. The highest BCUT2D eigenvalue weighted by molar-refractivity contribution is 5.96. The smallest absolute Gasteiger partial charge is 0.326 e. The Morgan fingerprint density at radius 2 is 1.69 bits per heavy atom. The van der Waals surface area contributed by atoms with Crippen LogP contribution in [0.1, 0.15) is 52.5 Å². The highest BCUT2D eigenvalue weighted by Gasteiger charge is 2.30. The standard InChI is InChI=1S/C26H39N3O6/c1-6-19(25(33)27-15-16(2)3)13-22(30)20(12-18-10-8-7-9-11-18)28-23(31)14-21(26(34)35)29-24(32)17(4)5/h7-11,16,19-22,30H,4,6,12-15H2,1-3,5H3,(H,27,33)(H,28,31)(H,29,32)(H,34,35)/t19-,20+,21+,22+/m1/s1. The molecular formula is C26H39N3O6. The molecule has 0 spiro atoms. The van der Waals surface area contributed by atoms with Crippen molar-refractivity contribution in [2.24, 2.45) is 11.8 Å². The molecule has 0 radical (unpaired) electrons. The van der Waals surface area contributed by atoms with Crippen molar-refractivity contribution in [1.29, 1.82) is 0 Å². The summed E-state index contributed by atoms with van der Waals surface area (Å²) in [5.74, 6) is -2.97. The number of hydrogen-bond donors (Lipinski definition) is 5. The molecule has 5 N–H and O–H groups in total. The van der Waals surface area contributed by atoms with Gasteiger partial charge in [-0.1, -0.05) is 57.7 Å². The molecule has 9 nitrogen and oxygen atoms in total. The second-order valence-corrected chi connectivity index (χ2v) is 9.26. The van der Waals surface area contributed by atoms with Crippen LogP contribution in [0.4, 0.5) is 0 Å². The number of nitrogens with one attached hydrogen (secondary N) is 3. The van der Waals surface area contributed by atoms with Crippen molar-refractivity contribution in [3.63, 3.8) is 0 Å². The largest absolute Gasteiger partial charge is 0.480 e. The average molecular weight is 490 g/mol. The monoisotopic (exact) mass is 489 g/mol. The van der Waals surface area contributed by atoms with E-state index in [2.05, 4.69) is 22.5 Å². The number of carbonyl (C=O) groups excluding carboxylic acids is 3. The second-order valence-electron chi connectivity index (χ2n) is 9.26. The molecule has 0 saturated heterocycles. The van der Waals surface area contributed by atoms with Crippen LogP contribution in [-0.4, -0.2) is 58.6 Å². The van der Waals surface area contributed by atoms with Gasteiger partial charge in [-0.3, -0.25) is 14.4 Å². The molecular weight excluding hydrogens is 450 g/mol. The molecule has 0 saturated carbocycles. The number of aliphatic hydroxyl groups excluding tert-OH is 1. The van der Waals surface area contributed by atoms with Crippen molar-refractivity contribution in [2.45, 2.75) is 71.6 Å². The van der Waals surface area contributed by atoms with Gasteiger partial charge in [0.2, 0.25) is 17.7 Å². The van der Waals surface area contributed by atoms with Gasteiger partial charge >= 0.3 is 5.97 Å². The van der Waals surface area contributed by atoms with Crippen molar-refractivity contribution in [3.8, 4) is 0 Å². The van der Waals surface area contributed by atoms with E-state index in [1.54, 1.807) is 0 Å². The molecule has 194 valence electrons. The van der Waals surface area contributed by atoms with Gasteiger partial charge in [-0.05, 0) is 37.7 Å². The number of carbonyl (C=O) groups is 4. The average Bonchev–Trinajstić information content (AvgIpc) is 2.80. The van der Waals surface area contributed by atoms with Gasteiger partial charge in [0, 0.05) is 18.0 Å². The number of aliphatic hydroxyl groups is 1. The van der Waals surface area contributed by atoms with Crippen LogP contribution in [0.15, 0.2) is 42.5 Å². The zero-order valence-corrected chi connectivity index (χ0v) is 21.0. The van der Waals surface area contributed by atoms with Gasteiger partial charge in [-0.2, -0.15) is 0 Å². The molecule has 1 aromatic rings. The second kappa shape index (κ2) is 14.9. The Balaban J connectivity index is 2.97. The van der Waals surface area contributed by atoms with Crippen molar-refractivity contribution >= 4 is 23.7 Å². The summed E-state index contributed by atoms with van der Waals surface area (Å²) in [6.07, 6.45) is -0.637. The molecule has 0 bridgehead atoms. The van der Waals surface area contributed by atoms with E-state index in [1.165, 1.54) is 6.92 Å². The first-order valence-electron chi connectivity index (χ1n) is 11.9. The molecule has 0 unspecified atom stereocenters. The van der Waals surface area contributed by atoms with E-state index < -0.39 is 48.3 Å². The summed E-state index contributed by atoms with van der Waals surface area (Å²) >= 11 is 0. The lowest BCUT2D eigenvalue weighted by atomic mass is 9.91. The third kappa shape index (κ3) is 11.2. The Bertz CT molecular complexity index is 871. The molecule has 1 rings (SSSR count). The number of rotatable bonds is 15. The Hall–Kier alpha value is -3.20. The summed E-state index contributed by atoms with van der Waals surface area (Å²) in [5, 5.41) is 28.3. The van der Waals surface area contributed by atoms with Crippen LogP contribution >= 0.6 is 0 Å². The first-order chi connectivity index (χ1) is 16.4. The van der Waals surface area contributed by atoms with Crippen LogP contribution in [0, 0.1) is 11.8 Å². The lowest BCUT2D eigenvalue weighted by molar-refractivity contribution is -0.143. The predicted octanol–water partition coefficient (Wildman–Crippen LogP) is 1.80. The SMILES string of the molecule is C=C(C)C(=O)N[C@@H](CC(=O)N[C@@H](Cc1ccccc1)[C@@H](O)C[C@@H](CC)C(=O)NCC(C)C)C(=O)O. The molecule has 0 heterocycles. The molecule has 0 aliphatic carbocycles. The summed E-state index contributed by atoms with van der Waals surface area (Å²) in [6, 6.07) is 7.02. The van der Waals surface area contributed by atoms with Gasteiger partial charge in [0.1, 0.15) is 6.04 Å². The number of carboxylic acid groups (broad SMARTS) is 1. The maximum atomic E-state index is 12.7. The van der Waals surface area contributed by atoms with Gasteiger partial charge in [0.25, 0.3) is 0 Å². The number of aliphatic carboxylic acids is 1. The van der Waals surface area contributed by atoms with Crippen molar-refractivity contribution in [2.75, 3.05) is 6.54 Å². The first-order valence-corrected chi connectivity index (χ1v) is 11.9. The Morgan fingerprint density at radius 1 is 1.06 bits per heavy atom. The van der Waals surface area contributed by atoms with Crippen LogP contribution in [0.3, 0.4) is 0 Å². The minimum absolute atomic E-state index is 0.121. The molecule has 0 aromatic heterocycles. The van der Waals surface area contributed by atoms with E-state index in [-0.39, 0.29) is 24.3 Å². The minimum atomic E-state index is -1.45. The van der Waals surface area contributed by atoms with Gasteiger partial charge < -0.3 is 26.2 Å². The van der Waals surface area contributed by atoms with Crippen LogP contribution in [0.25, 0.3) is 0 Å². The molecule has 35 heavy (non-hydrogen) atoms. The van der Waals surface area contributed by atoms with Crippen molar-refractivity contribution in [1.82, 2.24) is 16.0 Å². The first kappa shape index (κ1) is 29.8. The number of carboxylic acids is 1. The summed E-state index contributed by atoms with van der Waals surface area (Å²) in [7, 11) is 0. The fraction of sp³-hybridized carbons (Fsp3) is 0.538. The zero-order valence-electron chi connectivity index (χ0n) is 21.0. The van der Waals surface area contributed by atoms with E-state index in [1.807, 2.05) is 51.1 Å². The molecule has 1 aromatic carbocycles. The lowest BCUT2D eigenvalue weighted by Crippen LogP contribution is -2.50. The van der Waals surface area contributed by atoms with Gasteiger partial charge in [0.15, 0.2) is 0 Å². The van der Waals surface area contributed by atoms with Crippen LogP contribution in [0.5, 0.6) is 0 Å². The molecule has 3 amide bonds. The Kier molecular flexibility index (Phi) is 12.7. The quantitative estimate of drug-likeness (QED) is 0.238. The van der Waals surface area contributed by atoms with Crippen molar-refractivity contribution in [3.05, 3.63) is 48.0 Å². The summed E-state index contributed by atoms with van der Waals surface area (Å²) in [5.41, 5.74) is 0.981. The molecule has 4 atom stereocenters.